The lowest BCUT2D eigenvalue weighted by molar-refractivity contribution is -0.137. The molecule has 7 heteroatoms. The SMILES string of the molecule is O=C(Nc1cccc(C(F)(F)F)c1)C(Cl)c1cccc(F)c1. The highest BCUT2D eigenvalue weighted by atomic mass is 35.5. The topological polar surface area (TPSA) is 29.1 Å². The second-order valence-electron chi connectivity index (χ2n) is 4.49. The van der Waals surface area contributed by atoms with Gasteiger partial charge in [-0.15, -0.1) is 11.6 Å². The molecule has 0 bridgehead atoms. The van der Waals surface area contributed by atoms with Crippen LogP contribution in [-0.4, -0.2) is 5.91 Å². The third kappa shape index (κ3) is 3.98. The lowest BCUT2D eigenvalue weighted by atomic mass is 10.1. The van der Waals surface area contributed by atoms with E-state index in [0.29, 0.717) is 0 Å². The molecule has 1 amide bonds. The molecule has 1 atom stereocenters. The van der Waals surface area contributed by atoms with Crippen molar-refractivity contribution in [3.05, 3.63) is 65.5 Å². The van der Waals surface area contributed by atoms with Gasteiger partial charge >= 0.3 is 6.18 Å². The largest absolute Gasteiger partial charge is 0.416 e. The number of alkyl halides is 4. The first-order chi connectivity index (χ1) is 10.3. The first-order valence-electron chi connectivity index (χ1n) is 6.15. The van der Waals surface area contributed by atoms with Crippen LogP contribution in [0.15, 0.2) is 48.5 Å². The molecular weight excluding hydrogens is 322 g/mol. The number of carbonyl (C=O) groups excluding carboxylic acids is 1. The third-order valence-electron chi connectivity index (χ3n) is 2.83. The highest BCUT2D eigenvalue weighted by Gasteiger charge is 2.30. The molecule has 0 radical (unpaired) electrons. The van der Waals surface area contributed by atoms with E-state index >= 15 is 0 Å². The minimum absolute atomic E-state index is 0.0399. The summed E-state index contributed by atoms with van der Waals surface area (Å²) >= 11 is 5.91. The monoisotopic (exact) mass is 331 g/mol. The highest BCUT2D eigenvalue weighted by Crippen LogP contribution is 2.31. The quantitative estimate of drug-likeness (QED) is 0.637. The Hall–Kier alpha value is -2.08. The maximum atomic E-state index is 13.1. The maximum absolute atomic E-state index is 13.1. The molecule has 1 unspecified atom stereocenters. The number of hydrogen-bond acceptors (Lipinski definition) is 1. The van der Waals surface area contributed by atoms with Crippen molar-refractivity contribution in [1.82, 2.24) is 0 Å². The Morgan fingerprint density at radius 2 is 1.77 bits per heavy atom. The second-order valence-corrected chi connectivity index (χ2v) is 4.92. The summed E-state index contributed by atoms with van der Waals surface area (Å²) in [5.41, 5.74) is -0.713. The molecule has 0 aliphatic carbocycles. The van der Waals surface area contributed by atoms with E-state index in [4.69, 9.17) is 11.6 Å². The van der Waals surface area contributed by atoms with Crippen molar-refractivity contribution in [3.63, 3.8) is 0 Å². The minimum Gasteiger partial charge on any atom is -0.324 e. The molecule has 0 heterocycles. The van der Waals surface area contributed by atoms with Crippen LogP contribution in [0.5, 0.6) is 0 Å². The van der Waals surface area contributed by atoms with Crippen LogP contribution in [0.25, 0.3) is 0 Å². The van der Waals surface area contributed by atoms with Crippen molar-refractivity contribution in [1.29, 1.82) is 0 Å². The molecule has 0 fully saturated rings. The van der Waals surface area contributed by atoms with Gasteiger partial charge in [0.1, 0.15) is 11.2 Å². The molecule has 0 spiro atoms. The molecule has 0 aromatic heterocycles. The Morgan fingerprint density at radius 1 is 1.09 bits per heavy atom. The normalized spacial score (nSPS) is 12.8. The first-order valence-corrected chi connectivity index (χ1v) is 6.58. The number of anilines is 1. The van der Waals surface area contributed by atoms with Gasteiger partial charge in [-0.25, -0.2) is 4.39 Å². The molecular formula is C15H10ClF4NO. The number of amides is 1. The minimum atomic E-state index is -4.51. The first kappa shape index (κ1) is 16.3. The van der Waals surface area contributed by atoms with E-state index in [2.05, 4.69) is 5.32 Å². The van der Waals surface area contributed by atoms with Crippen molar-refractivity contribution >= 4 is 23.2 Å². The van der Waals surface area contributed by atoms with Gasteiger partial charge in [0.25, 0.3) is 0 Å². The van der Waals surface area contributed by atoms with E-state index in [0.717, 1.165) is 18.2 Å². The van der Waals surface area contributed by atoms with Crippen LogP contribution in [0.2, 0.25) is 0 Å². The number of benzene rings is 2. The maximum Gasteiger partial charge on any atom is 0.416 e. The summed E-state index contributed by atoms with van der Waals surface area (Å²) in [7, 11) is 0. The van der Waals surface area contributed by atoms with Crippen LogP contribution in [0.1, 0.15) is 16.5 Å². The Kier molecular flexibility index (Phi) is 4.71. The molecule has 0 saturated carbocycles. The van der Waals surface area contributed by atoms with Crippen molar-refractivity contribution in [2.24, 2.45) is 0 Å². The van der Waals surface area contributed by atoms with E-state index in [1.54, 1.807) is 0 Å². The smallest absolute Gasteiger partial charge is 0.324 e. The summed E-state index contributed by atoms with van der Waals surface area (Å²) < 4.78 is 50.9. The Labute approximate surface area is 128 Å². The summed E-state index contributed by atoms with van der Waals surface area (Å²) in [5.74, 6) is -1.30. The fraction of sp³-hybridized carbons (Fsp3) is 0.133. The van der Waals surface area contributed by atoms with E-state index < -0.39 is 28.8 Å². The summed E-state index contributed by atoms with van der Waals surface area (Å²) in [6, 6.07) is 9.28. The molecule has 0 saturated heterocycles. The summed E-state index contributed by atoms with van der Waals surface area (Å²) in [6.45, 7) is 0. The standard InChI is InChI=1S/C15H10ClF4NO/c16-13(9-3-1-5-11(17)7-9)14(22)21-12-6-2-4-10(8-12)15(18,19)20/h1-8,13H,(H,21,22). The van der Waals surface area contributed by atoms with Gasteiger partial charge in [-0.2, -0.15) is 13.2 Å². The van der Waals surface area contributed by atoms with Gasteiger partial charge in [0.05, 0.1) is 5.56 Å². The average Bonchev–Trinajstić information content (AvgIpc) is 2.46. The van der Waals surface area contributed by atoms with Crippen molar-refractivity contribution < 1.29 is 22.4 Å². The number of halogens is 5. The molecule has 2 aromatic rings. The van der Waals surface area contributed by atoms with E-state index in [-0.39, 0.29) is 11.3 Å². The zero-order valence-electron chi connectivity index (χ0n) is 11.0. The van der Waals surface area contributed by atoms with E-state index in [1.165, 1.54) is 30.3 Å². The van der Waals surface area contributed by atoms with Crippen LogP contribution >= 0.6 is 11.6 Å². The summed E-state index contributed by atoms with van der Waals surface area (Å²) in [6.07, 6.45) is -4.51. The highest BCUT2D eigenvalue weighted by molar-refractivity contribution is 6.32. The number of carbonyl (C=O) groups is 1. The molecule has 0 aliphatic rings. The Balaban J connectivity index is 2.15. The van der Waals surface area contributed by atoms with Gasteiger partial charge in [-0.3, -0.25) is 4.79 Å². The summed E-state index contributed by atoms with van der Waals surface area (Å²) in [5, 5.41) is 1.06. The van der Waals surface area contributed by atoms with Crippen molar-refractivity contribution in [3.8, 4) is 0 Å². The Morgan fingerprint density at radius 3 is 2.41 bits per heavy atom. The van der Waals surface area contributed by atoms with Gasteiger partial charge in [0.15, 0.2) is 0 Å². The van der Waals surface area contributed by atoms with Gasteiger partial charge in [-0.1, -0.05) is 18.2 Å². The lowest BCUT2D eigenvalue weighted by Gasteiger charge is -2.13. The van der Waals surface area contributed by atoms with E-state index in [9.17, 15) is 22.4 Å². The lowest BCUT2D eigenvalue weighted by Crippen LogP contribution is -2.18. The van der Waals surface area contributed by atoms with Crippen LogP contribution < -0.4 is 5.32 Å². The van der Waals surface area contributed by atoms with Gasteiger partial charge in [0.2, 0.25) is 5.91 Å². The van der Waals surface area contributed by atoms with Crippen LogP contribution in [0.4, 0.5) is 23.2 Å². The van der Waals surface area contributed by atoms with Gasteiger partial charge < -0.3 is 5.32 Å². The van der Waals surface area contributed by atoms with Crippen LogP contribution in [-0.2, 0) is 11.0 Å². The number of rotatable bonds is 3. The predicted octanol–water partition coefficient (Wildman–Crippen LogP) is 4.76. The zero-order chi connectivity index (χ0) is 16.3. The van der Waals surface area contributed by atoms with E-state index in [1.807, 2.05) is 0 Å². The molecule has 2 aromatic carbocycles. The Bertz CT molecular complexity index is 687. The van der Waals surface area contributed by atoms with Gasteiger partial charge in [-0.05, 0) is 35.9 Å². The van der Waals surface area contributed by atoms with Crippen LogP contribution in [0, 0.1) is 5.82 Å². The molecule has 0 aliphatic heterocycles. The molecule has 116 valence electrons. The third-order valence-corrected chi connectivity index (χ3v) is 3.28. The van der Waals surface area contributed by atoms with Gasteiger partial charge in [0, 0.05) is 5.69 Å². The van der Waals surface area contributed by atoms with Crippen molar-refractivity contribution in [2.75, 3.05) is 5.32 Å². The molecule has 1 N–H and O–H groups in total. The van der Waals surface area contributed by atoms with Crippen molar-refractivity contribution in [2.45, 2.75) is 11.6 Å². The fourth-order valence-corrected chi connectivity index (χ4v) is 1.98. The molecule has 2 nitrogen and oxygen atoms in total. The number of nitrogens with one attached hydrogen (secondary N) is 1. The zero-order valence-corrected chi connectivity index (χ0v) is 11.8. The number of hydrogen-bond donors (Lipinski definition) is 1. The molecule has 22 heavy (non-hydrogen) atoms. The summed E-state index contributed by atoms with van der Waals surface area (Å²) in [4.78, 5) is 11.9. The predicted molar refractivity (Wildman–Crippen MR) is 75.1 cm³/mol. The molecule has 2 rings (SSSR count). The second kappa shape index (κ2) is 6.36. The van der Waals surface area contributed by atoms with Crippen LogP contribution in [0.3, 0.4) is 0 Å². The average molecular weight is 332 g/mol. The fourth-order valence-electron chi connectivity index (χ4n) is 1.79.